The molecular formula is C15H12IN3O4S. The van der Waals surface area contributed by atoms with Gasteiger partial charge >= 0.3 is 0 Å². The predicted molar refractivity (Wildman–Crippen MR) is 100 cm³/mol. The molecule has 9 heteroatoms. The molecule has 0 saturated heterocycles. The summed E-state index contributed by atoms with van der Waals surface area (Å²) in [5, 5.41) is 23.8. The number of hydrogen-bond donors (Lipinski definition) is 2. The maximum Gasteiger partial charge on any atom is 0.269 e. The van der Waals surface area contributed by atoms with Crippen molar-refractivity contribution in [2.24, 2.45) is 5.10 Å². The van der Waals surface area contributed by atoms with Gasteiger partial charge in [0.2, 0.25) is 5.91 Å². The quantitative estimate of drug-likeness (QED) is 0.228. The Morgan fingerprint density at radius 3 is 2.67 bits per heavy atom. The van der Waals surface area contributed by atoms with Gasteiger partial charge in [-0.15, -0.1) is 11.8 Å². The molecule has 24 heavy (non-hydrogen) atoms. The third kappa shape index (κ3) is 5.49. The van der Waals surface area contributed by atoms with Gasteiger partial charge in [-0.05, 0) is 58.5 Å². The number of nitrogens with zero attached hydrogens (tertiary/aromatic N) is 2. The molecule has 2 aromatic rings. The van der Waals surface area contributed by atoms with E-state index >= 15 is 0 Å². The smallest absolute Gasteiger partial charge is 0.269 e. The van der Waals surface area contributed by atoms with Crippen LogP contribution in [0.3, 0.4) is 0 Å². The summed E-state index contributed by atoms with van der Waals surface area (Å²) in [6.07, 6.45) is 1.48. The van der Waals surface area contributed by atoms with Gasteiger partial charge in [-0.3, -0.25) is 14.9 Å². The molecule has 0 saturated carbocycles. The molecular weight excluding hydrogens is 445 g/mol. The predicted octanol–water partition coefficient (Wildman–Crippen LogP) is 3.15. The number of hydrazone groups is 1. The van der Waals surface area contributed by atoms with E-state index in [4.69, 9.17) is 0 Å². The molecule has 7 nitrogen and oxygen atoms in total. The van der Waals surface area contributed by atoms with Crippen LogP contribution in [0.1, 0.15) is 5.56 Å². The Balaban J connectivity index is 1.81. The lowest BCUT2D eigenvalue weighted by atomic mass is 10.2. The second-order valence-electron chi connectivity index (χ2n) is 4.54. The third-order valence-corrected chi connectivity index (χ3v) is 4.67. The van der Waals surface area contributed by atoms with E-state index in [0.29, 0.717) is 3.57 Å². The molecule has 0 aliphatic heterocycles. The summed E-state index contributed by atoms with van der Waals surface area (Å²) in [7, 11) is 0. The Morgan fingerprint density at radius 2 is 2.04 bits per heavy atom. The number of nitro benzene ring substituents is 1. The number of non-ortho nitro benzene ring substituents is 1. The molecule has 0 bridgehead atoms. The topological polar surface area (TPSA) is 105 Å². The van der Waals surface area contributed by atoms with Gasteiger partial charge in [0.25, 0.3) is 5.69 Å². The average molecular weight is 457 g/mol. The number of aromatic hydroxyl groups is 1. The first-order valence-corrected chi connectivity index (χ1v) is 8.70. The summed E-state index contributed by atoms with van der Waals surface area (Å²) < 4.78 is 0.691. The van der Waals surface area contributed by atoms with Gasteiger partial charge in [-0.25, -0.2) is 5.43 Å². The third-order valence-electron chi connectivity index (χ3n) is 2.79. The van der Waals surface area contributed by atoms with E-state index in [2.05, 4.69) is 10.5 Å². The molecule has 124 valence electrons. The van der Waals surface area contributed by atoms with E-state index < -0.39 is 4.92 Å². The second kappa shape index (κ2) is 8.64. The molecule has 0 spiro atoms. The van der Waals surface area contributed by atoms with Crippen LogP contribution in [0.2, 0.25) is 0 Å². The highest BCUT2D eigenvalue weighted by Gasteiger charge is 2.06. The van der Waals surface area contributed by atoms with Crippen LogP contribution in [0, 0.1) is 13.7 Å². The van der Waals surface area contributed by atoms with Crippen LogP contribution in [0.15, 0.2) is 52.5 Å². The van der Waals surface area contributed by atoms with Crippen LogP contribution in [0.25, 0.3) is 0 Å². The molecule has 2 rings (SSSR count). The lowest BCUT2D eigenvalue weighted by molar-refractivity contribution is -0.384. The van der Waals surface area contributed by atoms with Gasteiger partial charge in [0.15, 0.2) is 0 Å². The van der Waals surface area contributed by atoms with Crippen LogP contribution >= 0.6 is 34.4 Å². The highest BCUT2D eigenvalue weighted by molar-refractivity contribution is 14.1. The van der Waals surface area contributed by atoms with E-state index in [0.717, 1.165) is 10.5 Å². The maximum absolute atomic E-state index is 11.7. The minimum Gasteiger partial charge on any atom is -0.507 e. The van der Waals surface area contributed by atoms with Crippen LogP contribution in [0.4, 0.5) is 5.69 Å². The van der Waals surface area contributed by atoms with Crippen molar-refractivity contribution in [1.82, 2.24) is 5.43 Å². The number of rotatable bonds is 6. The number of benzene rings is 2. The average Bonchev–Trinajstić information content (AvgIpc) is 2.56. The van der Waals surface area contributed by atoms with Gasteiger partial charge in [-0.2, -0.15) is 5.10 Å². The Hall–Kier alpha value is -2.14. The number of thioether (sulfide) groups is 1. The number of carbonyl (C=O) groups excluding carboxylic acids is 1. The molecule has 2 aromatic carbocycles. The largest absolute Gasteiger partial charge is 0.507 e. The van der Waals surface area contributed by atoms with Crippen LogP contribution in [-0.2, 0) is 4.79 Å². The number of nitro groups is 1. The normalized spacial score (nSPS) is 10.7. The van der Waals surface area contributed by atoms with Crippen LogP contribution in [0.5, 0.6) is 5.75 Å². The fourth-order valence-electron chi connectivity index (χ4n) is 1.63. The monoisotopic (exact) mass is 457 g/mol. The number of halogens is 1. The van der Waals surface area contributed by atoms with Crippen molar-refractivity contribution in [2.75, 3.05) is 5.75 Å². The van der Waals surface area contributed by atoms with E-state index in [-0.39, 0.29) is 23.1 Å². The first-order valence-electron chi connectivity index (χ1n) is 6.63. The first kappa shape index (κ1) is 18.2. The van der Waals surface area contributed by atoms with Crippen molar-refractivity contribution in [3.8, 4) is 5.75 Å². The molecule has 0 aromatic heterocycles. The zero-order chi connectivity index (χ0) is 17.5. The SMILES string of the molecule is O=C(CSc1ccc([N+](=O)[O-])cc1)N/N=C\c1ccc(O)c(I)c1. The van der Waals surface area contributed by atoms with Crippen molar-refractivity contribution >= 4 is 52.2 Å². The molecule has 0 aliphatic carbocycles. The molecule has 0 fully saturated rings. The number of carbonyl (C=O) groups is 1. The summed E-state index contributed by atoms with van der Waals surface area (Å²) in [5.74, 6) is 0.0433. The zero-order valence-corrected chi connectivity index (χ0v) is 15.2. The minimum absolute atomic E-state index is 0.0110. The number of phenolic OH excluding ortho intramolecular Hbond substituents is 1. The van der Waals surface area contributed by atoms with Gasteiger partial charge in [0.05, 0.1) is 20.5 Å². The Bertz CT molecular complexity index is 781. The van der Waals surface area contributed by atoms with Crippen LogP contribution < -0.4 is 5.43 Å². The Morgan fingerprint density at radius 1 is 1.33 bits per heavy atom. The molecule has 0 radical (unpaired) electrons. The molecule has 0 aliphatic rings. The van der Waals surface area contributed by atoms with E-state index in [1.54, 1.807) is 30.3 Å². The molecule has 2 N–H and O–H groups in total. The van der Waals surface area contributed by atoms with E-state index in [1.165, 1.54) is 30.1 Å². The van der Waals surface area contributed by atoms with Crippen molar-refractivity contribution in [3.05, 3.63) is 61.7 Å². The molecule has 0 unspecified atom stereocenters. The summed E-state index contributed by atoms with van der Waals surface area (Å²) in [4.78, 5) is 22.6. The van der Waals surface area contributed by atoms with Gasteiger partial charge in [0, 0.05) is 17.0 Å². The lowest BCUT2D eigenvalue weighted by Crippen LogP contribution is -2.19. The standard InChI is InChI=1S/C15H12IN3O4S/c16-13-7-10(1-6-14(13)20)8-17-18-15(21)9-24-12-4-2-11(3-5-12)19(22)23/h1-8,20H,9H2,(H,18,21)/b17-8-. The van der Waals surface area contributed by atoms with E-state index in [1.807, 2.05) is 22.6 Å². The van der Waals surface area contributed by atoms with Gasteiger partial charge in [0.1, 0.15) is 5.75 Å². The lowest BCUT2D eigenvalue weighted by Gasteiger charge is -2.01. The number of hydrogen-bond acceptors (Lipinski definition) is 6. The Labute approximate surface area is 155 Å². The number of phenols is 1. The highest BCUT2D eigenvalue weighted by Crippen LogP contribution is 2.21. The van der Waals surface area contributed by atoms with Gasteiger partial charge in [-0.1, -0.05) is 0 Å². The fourth-order valence-corrected chi connectivity index (χ4v) is 2.86. The fraction of sp³-hybridized carbons (Fsp3) is 0.0667. The van der Waals surface area contributed by atoms with Crippen molar-refractivity contribution in [1.29, 1.82) is 0 Å². The number of amides is 1. The zero-order valence-electron chi connectivity index (χ0n) is 12.2. The number of nitrogens with one attached hydrogen (secondary N) is 1. The van der Waals surface area contributed by atoms with Crippen molar-refractivity contribution in [2.45, 2.75) is 4.90 Å². The van der Waals surface area contributed by atoms with Gasteiger partial charge < -0.3 is 5.11 Å². The first-order chi connectivity index (χ1) is 11.5. The minimum atomic E-state index is -0.472. The Kier molecular flexibility index (Phi) is 6.55. The highest BCUT2D eigenvalue weighted by atomic mass is 127. The van der Waals surface area contributed by atoms with Crippen molar-refractivity contribution in [3.63, 3.8) is 0 Å². The summed E-state index contributed by atoms with van der Waals surface area (Å²) in [6, 6.07) is 10.9. The van der Waals surface area contributed by atoms with Crippen molar-refractivity contribution < 1.29 is 14.8 Å². The summed E-state index contributed by atoms with van der Waals surface area (Å²) in [6.45, 7) is 0. The molecule has 1 amide bonds. The summed E-state index contributed by atoms with van der Waals surface area (Å²) >= 11 is 3.25. The summed E-state index contributed by atoms with van der Waals surface area (Å²) in [5.41, 5.74) is 3.16. The molecule has 0 atom stereocenters. The van der Waals surface area contributed by atoms with E-state index in [9.17, 15) is 20.0 Å². The maximum atomic E-state index is 11.7. The molecule has 0 heterocycles. The second-order valence-corrected chi connectivity index (χ2v) is 6.75. The van der Waals surface area contributed by atoms with Crippen LogP contribution in [-0.4, -0.2) is 27.9 Å².